The highest BCUT2D eigenvalue weighted by Gasteiger charge is 2.19. The van der Waals surface area contributed by atoms with Crippen molar-refractivity contribution in [1.82, 2.24) is 14.1 Å². The van der Waals surface area contributed by atoms with Crippen molar-refractivity contribution >= 4 is 17.0 Å². The van der Waals surface area contributed by atoms with Crippen LogP contribution in [0.3, 0.4) is 0 Å². The van der Waals surface area contributed by atoms with E-state index in [1.54, 1.807) is 0 Å². The van der Waals surface area contributed by atoms with E-state index >= 15 is 0 Å². The van der Waals surface area contributed by atoms with Gasteiger partial charge in [0.15, 0.2) is 0 Å². The Kier molecular flexibility index (Phi) is 5.66. The number of ether oxygens (including phenoxy) is 1. The minimum absolute atomic E-state index is 0.0647. The quantitative estimate of drug-likeness (QED) is 0.371. The van der Waals surface area contributed by atoms with Crippen LogP contribution in [-0.4, -0.2) is 20.1 Å². The zero-order valence-electron chi connectivity index (χ0n) is 16.8. The molecule has 4 rings (SSSR count). The number of fused-ring (bicyclic) bond motifs is 1. The standard InChI is InChI=1S/C24H21N3O4/c1-2-13-26-22(28)21-20(27(24(26)30)15-17-9-5-3-6-10-17)14-19(25-21)23(29)31-16-18-11-7-4-8-12-18/h2-12,14,25H,1,13,15-16H2. The Bertz CT molecular complexity index is 1350. The second-order valence-corrected chi connectivity index (χ2v) is 7.06. The number of hydrogen-bond acceptors (Lipinski definition) is 4. The molecule has 0 amide bonds. The first-order valence-corrected chi connectivity index (χ1v) is 9.80. The van der Waals surface area contributed by atoms with Crippen molar-refractivity contribution in [2.45, 2.75) is 19.7 Å². The van der Waals surface area contributed by atoms with E-state index in [4.69, 9.17) is 4.74 Å². The molecule has 31 heavy (non-hydrogen) atoms. The maximum absolute atomic E-state index is 13.0. The van der Waals surface area contributed by atoms with Crippen LogP contribution in [0.15, 0.2) is 89.0 Å². The average Bonchev–Trinajstić information content (AvgIpc) is 3.25. The number of aromatic amines is 1. The van der Waals surface area contributed by atoms with Crippen LogP contribution in [0, 0.1) is 0 Å². The third-order valence-electron chi connectivity index (χ3n) is 4.94. The predicted octanol–water partition coefficient (Wildman–Crippen LogP) is 3.08. The summed E-state index contributed by atoms with van der Waals surface area (Å²) in [6.07, 6.45) is 1.49. The lowest BCUT2D eigenvalue weighted by Gasteiger charge is -2.11. The van der Waals surface area contributed by atoms with E-state index in [1.807, 2.05) is 60.7 Å². The average molecular weight is 415 g/mol. The van der Waals surface area contributed by atoms with E-state index in [0.717, 1.165) is 15.7 Å². The summed E-state index contributed by atoms with van der Waals surface area (Å²) in [7, 11) is 0. The van der Waals surface area contributed by atoms with E-state index in [-0.39, 0.29) is 30.9 Å². The molecule has 2 heterocycles. The molecule has 4 aromatic rings. The summed E-state index contributed by atoms with van der Waals surface area (Å²) < 4.78 is 7.93. The van der Waals surface area contributed by atoms with Gasteiger partial charge in [-0.25, -0.2) is 9.59 Å². The molecule has 0 saturated carbocycles. The molecule has 0 aliphatic heterocycles. The maximum Gasteiger partial charge on any atom is 0.355 e. The third-order valence-corrected chi connectivity index (χ3v) is 4.94. The lowest BCUT2D eigenvalue weighted by molar-refractivity contribution is 0.0467. The first-order valence-electron chi connectivity index (χ1n) is 9.80. The van der Waals surface area contributed by atoms with E-state index in [2.05, 4.69) is 11.6 Å². The van der Waals surface area contributed by atoms with Crippen molar-refractivity contribution in [1.29, 1.82) is 0 Å². The van der Waals surface area contributed by atoms with Gasteiger partial charge in [-0.05, 0) is 17.2 Å². The molecule has 0 aliphatic carbocycles. The van der Waals surface area contributed by atoms with Crippen LogP contribution in [0.5, 0.6) is 0 Å². The van der Waals surface area contributed by atoms with Crippen LogP contribution in [0.1, 0.15) is 21.6 Å². The van der Waals surface area contributed by atoms with Gasteiger partial charge in [0.2, 0.25) is 0 Å². The molecule has 7 heteroatoms. The van der Waals surface area contributed by atoms with Gasteiger partial charge in [0, 0.05) is 6.54 Å². The number of H-pyrrole nitrogens is 1. The smallest absolute Gasteiger partial charge is 0.355 e. The van der Waals surface area contributed by atoms with Crippen molar-refractivity contribution in [3.8, 4) is 0 Å². The Hall–Kier alpha value is -4.13. The molecule has 0 atom stereocenters. The van der Waals surface area contributed by atoms with Crippen LogP contribution in [0.25, 0.3) is 11.0 Å². The van der Waals surface area contributed by atoms with Crippen LogP contribution in [-0.2, 0) is 24.4 Å². The van der Waals surface area contributed by atoms with Crippen molar-refractivity contribution in [2.24, 2.45) is 0 Å². The first-order chi connectivity index (χ1) is 15.1. The van der Waals surface area contributed by atoms with Gasteiger partial charge in [-0.15, -0.1) is 6.58 Å². The molecule has 0 saturated heterocycles. The molecule has 0 fully saturated rings. The number of carbonyl (C=O) groups is 1. The molecule has 7 nitrogen and oxygen atoms in total. The lowest BCUT2D eigenvalue weighted by Crippen LogP contribution is -2.39. The summed E-state index contributed by atoms with van der Waals surface area (Å²) in [5.74, 6) is -0.603. The van der Waals surface area contributed by atoms with E-state index in [1.165, 1.54) is 16.7 Å². The largest absolute Gasteiger partial charge is 0.456 e. The summed E-state index contributed by atoms with van der Waals surface area (Å²) in [6, 6.07) is 20.2. The van der Waals surface area contributed by atoms with Crippen molar-refractivity contribution in [3.63, 3.8) is 0 Å². The fourth-order valence-corrected chi connectivity index (χ4v) is 3.41. The maximum atomic E-state index is 13.0. The second kappa shape index (κ2) is 8.71. The highest BCUT2D eigenvalue weighted by molar-refractivity contribution is 5.93. The molecule has 0 aliphatic rings. The summed E-state index contributed by atoms with van der Waals surface area (Å²) in [4.78, 5) is 41.4. The van der Waals surface area contributed by atoms with Gasteiger partial charge in [0.1, 0.15) is 17.8 Å². The Balaban J connectivity index is 1.76. The van der Waals surface area contributed by atoms with Crippen LogP contribution < -0.4 is 11.2 Å². The number of nitrogens with zero attached hydrogens (tertiary/aromatic N) is 2. The Morgan fingerprint density at radius 1 is 0.968 bits per heavy atom. The third kappa shape index (κ3) is 4.11. The summed E-state index contributed by atoms with van der Waals surface area (Å²) in [5, 5.41) is 0. The summed E-state index contributed by atoms with van der Waals surface area (Å²) in [6.45, 7) is 4.05. The Morgan fingerprint density at radius 3 is 2.26 bits per heavy atom. The first kappa shape index (κ1) is 20.2. The van der Waals surface area contributed by atoms with Crippen molar-refractivity contribution in [2.75, 3.05) is 0 Å². The topological polar surface area (TPSA) is 86.1 Å². The van der Waals surface area contributed by atoms with Crippen LogP contribution in [0.4, 0.5) is 0 Å². The number of benzene rings is 2. The van der Waals surface area contributed by atoms with Crippen LogP contribution >= 0.6 is 0 Å². The van der Waals surface area contributed by atoms with E-state index < -0.39 is 17.2 Å². The molecule has 1 N–H and O–H groups in total. The zero-order chi connectivity index (χ0) is 21.8. The van der Waals surface area contributed by atoms with Crippen LogP contribution in [0.2, 0.25) is 0 Å². The number of hydrogen-bond donors (Lipinski definition) is 1. The minimum Gasteiger partial charge on any atom is -0.456 e. The Morgan fingerprint density at radius 2 is 1.61 bits per heavy atom. The number of rotatable bonds is 7. The molecule has 0 spiro atoms. The zero-order valence-corrected chi connectivity index (χ0v) is 16.8. The van der Waals surface area contributed by atoms with E-state index in [0.29, 0.717) is 5.52 Å². The minimum atomic E-state index is -0.603. The molecule has 2 aromatic heterocycles. The Labute approximate surface area is 177 Å². The normalized spacial score (nSPS) is 10.8. The van der Waals surface area contributed by atoms with Crippen molar-refractivity contribution < 1.29 is 9.53 Å². The molecule has 0 unspecified atom stereocenters. The number of allylic oxidation sites excluding steroid dienone is 1. The highest BCUT2D eigenvalue weighted by atomic mass is 16.5. The van der Waals surface area contributed by atoms with Gasteiger partial charge in [-0.3, -0.25) is 13.9 Å². The fraction of sp³-hybridized carbons (Fsp3) is 0.125. The van der Waals surface area contributed by atoms with Gasteiger partial charge in [0.25, 0.3) is 5.56 Å². The molecular weight excluding hydrogens is 394 g/mol. The fourth-order valence-electron chi connectivity index (χ4n) is 3.41. The lowest BCUT2D eigenvalue weighted by atomic mass is 10.2. The molecular formula is C24H21N3O4. The van der Waals surface area contributed by atoms with Gasteiger partial charge in [0.05, 0.1) is 12.1 Å². The number of nitrogens with one attached hydrogen (secondary N) is 1. The monoisotopic (exact) mass is 415 g/mol. The molecule has 0 bridgehead atoms. The van der Waals surface area contributed by atoms with Crippen molar-refractivity contribution in [3.05, 3.63) is 117 Å². The summed E-state index contributed by atoms with van der Waals surface area (Å²) >= 11 is 0. The SMILES string of the molecule is C=CCn1c(=O)c2[nH]c(C(=O)OCc3ccccc3)cc2n(Cc2ccccc2)c1=O. The van der Waals surface area contributed by atoms with Gasteiger partial charge in [-0.1, -0.05) is 66.7 Å². The number of carbonyl (C=O) groups excluding carboxylic acids is 1. The molecule has 2 aromatic carbocycles. The number of aromatic nitrogens is 3. The van der Waals surface area contributed by atoms with E-state index in [9.17, 15) is 14.4 Å². The molecule has 156 valence electrons. The van der Waals surface area contributed by atoms with Gasteiger partial charge >= 0.3 is 11.7 Å². The predicted molar refractivity (Wildman–Crippen MR) is 118 cm³/mol. The van der Waals surface area contributed by atoms with Gasteiger partial charge in [-0.2, -0.15) is 0 Å². The molecule has 0 radical (unpaired) electrons. The van der Waals surface area contributed by atoms with Gasteiger partial charge < -0.3 is 9.72 Å². The highest BCUT2D eigenvalue weighted by Crippen LogP contribution is 2.14. The summed E-state index contributed by atoms with van der Waals surface area (Å²) in [5.41, 5.74) is 1.40. The second-order valence-electron chi connectivity index (χ2n) is 7.06. The number of esters is 1.